The minimum Gasteiger partial charge on any atom is -0.363 e. The number of carbonyl (C=O) groups is 3. The average Bonchev–Trinajstić information content (AvgIpc) is 3.27. The van der Waals surface area contributed by atoms with Crippen LogP contribution in [0.2, 0.25) is 0 Å². The number of amides is 4. The van der Waals surface area contributed by atoms with Crippen LogP contribution < -0.4 is 5.32 Å². The number of aryl methyl sites for hydroxylation is 1. The summed E-state index contributed by atoms with van der Waals surface area (Å²) in [4.78, 5) is 42.9. The molecule has 3 fully saturated rings. The maximum absolute atomic E-state index is 13.6. The number of carbonyl (C=O) groups excluding carboxylic acids is 3. The lowest BCUT2D eigenvalue weighted by molar-refractivity contribution is -0.147. The molecule has 7 nitrogen and oxygen atoms in total. The van der Waals surface area contributed by atoms with Crippen molar-refractivity contribution < 1.29 is 19.1 Å². The van der Waals surface area contributed by atoms with Crippen molar-refractivity contribution in [2.75, 3.05) is 13.1 Å². The van der Waals surface area contributed by atoms with Crippen LogP contribution in [0.25, 0.3) is 0 Å². The van der Waals surface area contributed by atoms with Gasteiger partial charge in [-0.3, -0.25) is 14.5 Å². The molecule has 3 aliphatic rings. The third kappa shape index (κ3) is 4.96. The Morgan fingerprint density at radius 2 is 1.74 bits per heavy atom. The van der Waals surface area contributed by atoms with E-state index in [1.54, 1.807) is 4.90 Å². The van der Waals surface area contributed by atoms with Crippen LogP contribution in [0, 0.1) is 12.8 Å². The Labute approximate surface area is 206 Å². The van der Waals surface area contributed by atoms with Gasteiger partial charge in [-0.2, -0.15) is 0 Å². The van der Waals surface area contributed by atoms with Gasteiger partial charge in [0.25, 0.3) is 5.91 Å². The van der Waals surface area contributed by atoms with Crippen LogP contribution in [-0.4, -0.2) is 59.0 Å². The Bertz CT molecular complexity index is 1070. The van der Waals surface area contributed by atoms with Gasteiger partial charge in [0.2, 0.25) is 5.91 Å². The molecule has 184 valence electrons. The Hall–Kier alpha value is -3.19. The molecular formula is C28H33N3O4. The highest BCUT2D eigenvalue weighted by molar-refractivity contribution is 6.01. The van der Waals surface area contributed by atoms with Crippen LogP contribution in [0.3, 0.4) is 0 Å². The molecule has 4 atom stereocenters. The van der Waals surface area contributed by atoms with E-state index in [0.29, 0.717) is 13.0 Å². The van der Waals surface area contributed by atoms with E-state index in [1.165, 1.54) is 4.90 Å². The highest BCUT2D eigenvalue weighted by Crippen LogP contribution is 2.42. The standard InChI is InChI=1S/C28H33N3O4/c1-19-11-13-21(14-12-19)17-29-24(32)18-31-25-22-9-5-6-10-23(22)35-26(25)27(33)30(28(31)34)16-15-20-7-3-2-4-8-20/h2-4,7-8,11-14,22-23,25-26H,5-6,9-10,15-18H2,1H3,(H,29,32). The number of nitrogens with one attached hydrogen (secondary N) is 1. The first kappa shape index (κ1) is 23.5. The second-order valence-corrected chi connectivity index (χ2v) is 9.93. The van der Waals surface area contributed by atoms with E-state index in [2.05, 4.69) is 5.32 Å². The van der Waals surface area contributed by atoms with Gasteiger partial charge in [0, 0.05) is 19.0 Å². The van der Waals surface area contributed by atoms with Gasteiger partial charge in [0.15, 0.2) is 6.10 Å². The van der Waals surface area contributed by atoms with Gasteiger partial charge in [-0.25, -0.2) is 4.79 Å². The minimum atomic E-state index is -0.693. The molecular weight excluding hydrogens is 442 g/mol. The summed E-state index contributed by atoms with van der Waals surface area (Å²) >= 11 is 0. The molecule has 1 N–H and O–H groups in total. The summed E-state index contributed by atoms with van der Waals surface area (Å²) < 4.78 is 6.25. The number of ether oxygens (including phenoxy) is 1. The average molecular weight is 476 g/mol. The van der Waals surface area contributed by atoms with E-state index in [0.717, 1.165) is 42.4 Å². The third-order valence-electron chi connectivity index (χ3n) is 7.56. The first-order valence-corrected chi connectivity index (χ1v) is 12.6. The number of hydrogen-bond donors (Lipinski definition) is 1. The fourth-order valence-electron chi connectivity index (χ4n) is 5.69. The Balaban J connectivity index is 1.32. The van der Waals surface area contributed by atoms with Crippen molar-refractivity contribution in [2.45, 2.75) is 63.8 Å². The molecule has 2 saturated heterocycles. The molecule has 0 radical (unpaired) electrons. The zero-order chi connectivity index (χ0) is 24.4. The van der Waals surface area contributed by atoms with E-state index in [9.17, 15) is 14.4 Å². The predicted octanol–water partition coefficient (Wildman–Crippen LogP) is 3.44. The smallest absolute Gasteiger partial charge is 0.327 e. The topological polar surface area (TPSA) is 79.0 Å². The Morgan fingerprint density at radius 1 is 1.00 bits per heavy atom. The van der Waals surface area contributed by atoms with Crippen LogP contribution in [0.5, 0.6) is 0 Å². The summed E-state index contributed by atoms with van der Waals surface area (Å²) in [6.07, 6.45) is 3.78. The molecule has 1 aliphatic carbocycles. The Kier molecular flexibility index (Phi) is 6.86. The van der Waals surface area contributed by atoms with Crippen molar-refractivity contribution in [2.24, 2.45) is 5.92 Å². The van der Waals surface area contributed by atoms with E-state index >= 15 is 0 Å². The molecule has 2 aromatic rings. The van der Waals surface area contributed by atoms with Gasteiger partial charge in [-0.05, 0) is 37.3 Å². The summed E-state index contributed by atoms with van der Waals surface area (Å²) in [5.74, 6) is -0.390. The van der Waals surface area contributed by atoms with E-state index in [1.807, 2.05) is 61.5 Å². The van der Waals surface area contributed by atoms with Crippen molar-refractivity contribution >= 4 is 17.8 Å². The van der Waals surface area contributed by atoms with Gasteiger partial charge < -0.3 is 15.0 Å². The number of urea groups is 1. The monoisotopic (exact) mass is 475 g/mol. The van der Waals surface area contributed by atoms with Gasteiger partial charge >= 0.3 is 6.03 Å². The van der Waals surface area contributed by atoms with Crippen LogP contribution in [-0.2, 0) is 27.3 Å². The highest BCUT2D eigenvalue weighted by Gasteiger charge is 2.57. The molecule has 0 aromatic heterocycles. The predicted molar refractivity (Wildman–Crippen MR) is 131 cm³/mol. The zero-order valence-corrected chi connectivity index (χ0v) is 20.2. The number of fused-ring (bicyclic) bond motifs is 3. The lowest BCUT2D eigenvalue weighted by Crippen LogP contribution is -2.65. The number of nitrogens with zero attached hydrogens (tertiary/aromatic N) is 2. The second-order valence-electron chi connectivity index (χ2n) is 9.93. The van der Waals surface area contributed by atoms with Crippen molar-refractivity contribution in [3.8, 4) is 0 Å². The third-order valence-corrected chi connectivity index (χ3v) is 7.56. The SMILES string of the molecule is Cc1ccc(CNC(=O)CN2C(=O)N(CCc3ccccc3)C(=O)C3OC4CCCCC4C32)cc1. The molecule has 2 aromatic carbocycles. The van der Waals surface area contributed by atoms with Crippen LogP contribution in [0.1, 0.15) is 42.4 Å². The van der Waals surface area contributed by atoms with Crippen LogP contribution in [0.4, 0.5) is 4.79 Å². The summed E-state index contributed by atoms with van der Waals surface area (Å²) in [7, 11) is 0. The molecule has 5 rings (SSSR count). The molecule has 2 heterocycles. The van der Waals surface area contributed by atoms with Crippen molar-refractivity contribution in [1.82, 2.24) is 15.1 Å². The van der Waals surface area contributed by atoms with E-state index in [-0.39, 0.29) is 49.0 Å². The van der Waals surface area contributed by atoms with Gasteiger partial charge in [0.05, 0.1) is 12.1 Å². The largest absolute Gasteiger partial charge is 0.363 e. The minimum absolute atomic E-state index is 0.0253. The van der Waals surface area contributed by atoms with Crippen molar-refractivity contribution in [3.05, 3.63) is 71.3 Å². The molecule has 7 heteroatoms. The molecule has 4 unspecified atom stereocenters. The number of rotatable bonds is 7. The number of benzene rings is 2. The quantitative estimate of drug-likeness (QED) is 0.665. The zero-order valence-electron chi connectivity index (χ0n) is 20.2. The maximum Gasteiger partial charge on any atom is 0.327 e. The lowest BCUT2D eigenvalue weighted by atomic mass is 9.81. The molecule has 35 heavy (non-hydrogen) atoms. The van der Waals surface area contributed by atoms with E-state index in [4.69, 9.17) is 4.74 Å². The van der Waals surface area contributed by atoms with Crippen LogP contribution in [0.15, 0.2) is 54.6 Å². The number of hydrogen-bond acceptors (Lipinski definition) is 4. The fourth-order valence-corrected chi connectivity index (χ4v) is 5.69. The first-order chi connectivity index (χ1) is 17.0. The van der Waals surface area contributed by atoms with E-state index < -0.39 is 6.10 Å². The lowest BCUT2D eigenvalue weighted by Gasteiger charge is -2.43. The molecule has 0 bridgehead atoms. The highest BCUT2D eigenvalue weighted by atomic mass is 16.5. The second kappa shape index (κ2) is 10.2. The van der Waals surface area contributed by atoms with Gasteiger partial charge in [-0.1, -0.05) is 73.0 Å². The van der Waals surface area contributed by atoms with Crippen molar-refractivity contribution in [1.29, 1.82) is 0 Å². The maximum atomic E-state index is 13.6. The van der Waals surface area contributed by atoms with Crippen molar-refractivity contribution in [3.63, 3.8) is 0 Å². The normalized spacial score (nSPS) is 25.9. The Morgan fingerprint density at radius 3 is 2.51 bits per heavy atom. The van der Waals surface area contributed by atoms with Gasteiger partial charge in [0.1, 0.15) is 6.54 Å². The molecule has 0 spiro atoms. The first-order valence-electron chi connectivity index (χ1n) is 12.6. The fraction of sp³-hybridized carbons (Fsp3) is 0.464. The molecule has 1 saturated carbocycles. The number of imide groups is 1. The molecule has 4 amide bonds. The summed E-state index contributed by atoms with van der Waals surface area (Å²) in [5, 5.41) is 2.95. The molecule has 2 aliphatic heterocycles. The summed E-state index contributed by atoms with van der Waals surface area (Å²) in [5.41, 5.74) is 3.22. The van der Waals surface area contributed by atoms with Gasteiger partial charge in [-0.15, -0.1) is 0 Å². The summed E-state index contributed by atoms with van der Waals surface area (Å²) in [6, 6.07) is 17.0. The van der Waals surface area contributed by atoms with Crippen LogP contribution >= 0.6 is 0 Å². The summed E-state index contributed by atoms with van der Waals surface area (Å²) in [6.45, 7) is 2.61.